The molecule has 2 rings (SSSR count). The molecule has 1 heterocycles. The van der Waals surface area contributed by atoms with E-state index < -0.39 is 0 Å². The lowest BCUT2D eigenvalue weighted by molar-refractivity contribution is 0.102. The van der Waals surface area contributed by atoms with Crippen molar-refractivity contribution in [3.8, 4) is 0 Å². The maximum Gasteiger partial charge on any atom is 0.256 e. The lowest BCUT2D eigenvalue weighted by Gasteiger charge is -2.06. The van der Waals surface area contributed by atoms with E-state index in [0.29, 0.717) is 5.56 Å². The molecule has 1 aromatic heterocycles. The number of anilines is 1. The van der Waals surface area contributed by atoms with Gasteiger partial charge in [0.15, 0.2) is 0 Å². The van der Waals surface area contributed by atoms with Crippen molar-refractivity contribution >= 4 is 22.9 Å². The Labute approximate surface area is 104 Å². The van der Waals surface area contributed by atoms with Crippen LogP contribution < -0.4 is 10.6 Å². The molecule has 0 saturated heterocycles. The lowest BCUT2D eigenvalue weighted by atomic mass is 10.2. The predicted molar refractivity (Wildman–Crippen MR) is 71.5 cm³/mol. The van der Waals surface area contributed by atoms with Gasteiger partial charge in [-0.25, -0.2) is 0 Å². The predicted octanol–water partition coefficient (Wildman–Crippen LogP) is 2.72. The summed E-state index contributed by atoms with van der Waals surface area (Å²) in [7, 11) is 1.90. The summed E-state index contributed by atoms with van der Waals surface area (Å²) in [5.41, 5.74) is 2.68. The quantitative estimate of drug-likeness (QED) is 0.871. The highest BCUT2D eigenvalue weighted by Gasteiger charge is 2.06. The van der Waals surface area contributed by atoms with E-state index >= 15 is 0 Å². The third-order valence-corrected chi connectivity index (χ3v) is 3.03. The number of carbonyl (C=O) groups is 1. The number of benzene rings is 1. The summed E-state index contributed by atoms with van der Waals surface area (Å²) >= 11 is 1.52. The molecule has 3 nitrogen and oxygen atoms in total. The molecule has 0 aliphatic heterocycles. The summed E-state index contributed by atoms with van der Waals surface area (Å²) in [6.45, 7) is 0.794. The second kappa shape index (κ2) is 5.61. The number of nitrogens with one attached hydrogen (secondary N) is 2. The molecule has 0 fully saturated rings. The van der Waals surface area contributed by atoms with Crippen LogP contribution in [0.3, 0.4) is 0 Å². The Bertz CT molecular complexity index is 494. The summed E-state index contributed by atoms with van der Waals surface area (Å²) in [6.07, 6.45) is 0. The largest absolute Gasteiger partial charge is 0.322 e. The molecular formula is C13H14N2OS. The molecular weight excluding hydrogens is 232 g/mol. The zero-order chi connectivity index (χ0) is 12.1. The van der Waals surface area contributed by atoms with Gasteiger partial charge in [-0.1, -0.05) is 12.1 Å². The van der Waals surface area contributed by atoms with Crippen LogP contribution in [-0.4, -0.2) is 13.0 Å². The SMILES string of the molecule is CNCc1cccc(NC(=O)c2ccsc2)c1. The number of amides is 1. The second-order valence-electron chi connectivity index (χ2n) is 3.70. The van der Waals surface area contributed by atoms with Gasteiger partial charge in [-0.05, 0) is 36.2 Å². The van der Waals surface area contributed by atoms with Crippen molar-refractivity contribution in [1.82, 2.24) is 5.32 Å². The van der Waals surface area contributed by atoms with Gasteiger partial charge >= 0.3 is 0 Å². The first-order valence-corrected chi connectivity index (χ1v) is 6.31. The minimum atomic E-state index is -0.0622. The van der Waals surface area contributed by atoms with Gasteiger partial charge in [0.1, 0.15) is 0 Å². The molecule has 0 radical (unpaired) electrons. The van der Waals surface area contributed by atoms with Crippen LogP contribution in [0.25, 0.3) is 0 Å². The van der Waals surface area contributed by atoms with Crippen LogP contribution in [0.1, 0.15) is 15.9 Å². The Hall–Kier alpha value is -1.65. The van der Waals surface area contributed by atoms with E-state index in [-0.39, 0.29) is 5.91 Å². The van der Waals surface area contributed by atoms with Crippen molar-refractivity contribution in [2.75, 3.05) is 12.4 Å². The van der Waals surface area contributed by atoms with E-state index in [1.807, 2.05) is 48.1 Å². The van der Waals surface area contributed by atoms with Crippen molar-refractivity contribution in [2.45, 2.75) is 6.54 Å². The molecule has 4 heteroatoms. The highest BCUT2D eigenvalue weighted by molar-refractivity contribution is 7.08. The average molecular weight is 246 g/mol. The third-order valence-electron chi connectivity index (χ3n) is 2.35. The molecule has 0 aliphatic rings. The molecule has 0 aliphatic carbocycles. The van der Waals surface area contributed by atoms with Crippen molar-refractivity contribution in [3.63, 3.8) is 0 Å². The number of hydrogen-bond donors (Lipinski definition) is 2. The van der Waals surface area contributed by atoms with E-state index in [0.717, 1.165) is 17.8 Å². The highest BCUT2D eigenvalue weighted by atomic mass is 32.1. The fourth-order valence-electron chi connectivity index (χ4n) is 1.56. The fourth-order valence-corrected chi connectivity index (χ4v) is 2.20. The molecule has 0 atom stereocenters. The Balaban J connectivity index is 2.08. The summed E-state index contributed by atoms with van der Waals surface area (Å²) in [5.74, 6) is -0.0622. The van der Waals surface area contributed by atoms with E-state index in [1.54, 1.807) is 0 Å². The van der Waals surface area contributed by atoms with Crippen molar-refractivity contribution in [2.24, 2.45) is 0 Å². The van der Waals surface area contributed by atoms with Crippen LogP contribution in [0.15, 0.2) is 41.1 Å². The zero-order valence-electron chi connectivity index (χ0n) is 9.57. The molecule has 17 heavy (non-hydrogen) atoms. The van der Waals surface area contributed by atoms with Crippen molar-refractivity contribution in [1.29, 1.82) is 0 Å². The highest BCUT2D eigenvalue weighted by Crippen LogP contribution is 2.13. The van der Waals surface area contributed by atoms with Gasteiger partial charge in [0.25, 0.3) is 5.91 Å². The molecule has 2 aromatic rings. The van der Waals surface area contributed by atoms with E-state index in [4.69, 9.17) is 0 Å². The van der Waals surface area contributed by atoms with Crippen LogP contribution in [-0.2, 0) is 6.54 Å². The first kappa shape index (κ1) is 11.8. The van der Waals surface area contributed by atoms with E-state index in [2.05, 4.69) is 10.6 Å². The van der Waals surface area contributed by atoms with Gasteiger partial charge in [0.2, 0.25) is 0 Å². The first-order chi connectivity index (χ1) is 8.29. The normalized spacial score (nSPS) is 10.2. The molecule has 0 bridgehead atoms. The van der Waals surface area contributed by atoms with Gasteiger partial charge in [-0.15, -0.1) is 0 Å². The summed E-state index contributed by atoms with van der Waals surface area (Å²) in [6, 6.07) is 9.65. The topological polar surface area (TPSA) is 41.1 Å². The molecule has 1 aromatic carbocycles. The smallest absolute Gasteiger partial charge is 0.256 e. The first-order valence-electron chi connectivity index (χ1n) is 5.36. The molecule has 0 saturated carbocycles. The zero-order valence-corrected chi connectivity index (χ0v) is 10.4. The minimum absolute atomic E-state index is 0.0622. The number of carbonyl (C=O) groups excluding carboxylic acids is 1. The molecule has 0 unspecified atom stereocenters. The van der Waals surface area contributed by atoms with Crippen LogP contribution in [0.5, 0.6) is 0 Å². The van der Waals surface area contributed by atoms with Crippen molar-refractivity contribution in [3.05, 3.63) is 52.2 Å². The van der Waals surface area contributed by atoms with Gasteiger partial charge in [0, 0.05) is 17.6 Å². The minimum Gasteiger partial charge on any atom is -0.322 e. The monoisotopic (exact) mass is 246 g/mol. The van der Waals surface area contributed by atoms with Crippen LogP contribution in [0.2, 0.25) is 0 Å². The van der Waals surface area contributed by atoms with Gasteiger partial charge < -0.3 is 10.6 Å². The van der Waals surface area contributed by atoms with E-state index in [1.165, 1.54) is 11.3 Å². The van der Waals surface area contributed by atoms with Gasteiger partial charge in [-0.3, -0.25) is 4.79 Å². The Kier molecular flexibility index (Phi) is 3.90. The average Bonchev–Trinajstić information content (AvgIpc) is 2.83. The third kappa shape index (κ3) is 3.15. The maximum absolute atomic E-state index is 11.8. The Morgan fingerprint density at radius 2 is 2.24 bits per heavy atom. The summed E-state index contributed by atoms with van der Waals surface area (Å²) < 4.78 is 0. The number of thiophene rings is 1. The summed E-state index contributed by atoms with van der Waals surface area (Å²) in [5, 5.41) is 9.70. The fraction of sp³-hybridized carbons (Fsp3) is 0.154. The number of hydrogen-bond acceptors (Lipinski definition) is 3. The van der Waals surface area contributed by atoms with Crippen LogP contribution in [0, 0.1) is 0 Å². The Morgan fingerprint density at radius 1 is 1.35 bits per heavy atom. The maximum atomic E-state index is 11.8. The van der Waals surface area contributed by atoms with Crippen molar-refractivity contribution < 1.29 is 4.79 Å². The Morgan fingerprint density at radius 3 is 2.94 bits per heavy atom. The lowest BCUT2D eigenvalue weighted by Crippen LogP contribution is -2.11. The molecule has 2 N–H and O–H groups in total. The number of rotatable bonds is 4. The standard InChI is InChI=1S/C13H14N2OS/c1-14-8-10-3-2-4-12(7-10)15-13(16)11-5-6-17-9-11/h2-7,9,14H,8H2,1H3,(H,15,16). The molecule has 1 amide bonds. The van der Waals surface area contributed by atoms with Gasteiger partial charge in [-0.2, -0.15) is 11.3 Å². The molecule has 88 valence electrons. The molecule has 0 spiro atoms. The van der Waals surface area contributed by atoms with Crippen LogP contribution in [0.4, 0.5) is 5.69 Å². The van der Waals surface area contributed by atoms with Gasteiger partial charge in [0.05, 0.1) is 5.56 Å². The second-order valence-corrected chi connectivity index (χ2v) is 4.48. The summed E-state index contributed by atoms with van der Waals surface area (Å²) in [4.78, 5) is 11.8. The van der Waals surface area contributed by atoms with Crippen LogP contribution >= 0.6 is 11.3 Å². The van der Waals surface area contributed by atoms with E-state index in [9.17, 15) is 4.79 Å².